The van der Waals surface area contributed by atoms with Crippen LogP contribution in [0, 0.1) is 0 Å². The number of nitrogens with two attached hydrogens (primary N) is 1. The normalized spacial score (nSPS) is 12.5. The first kappa shape index (κ1) is 11.5. The van der Waals surface area contributed by atoms with Crippen molar-refractivity contribution >= 4 is 17.7 Å². The van der Waals surface area contributed by atoms with Gasteiger partial charge in [-0.15, -0.1) is 0 Å². The van der Waals surface area contributed by atoms with E-state index in [1.165, 1.54) is 11.8 Å². The highest BCUT2D eigenvalue weighted by Crippen LogP contribution is 2.08. The summed E-state index contributed by atoms with van der Waals surface area (Å²) < 4.78 is 0. The van der Waals surface area contributed by atoms with Crippen molar-refractivity contribution in [2.45, 2.75) is 19.4 Å². The van der Waals surface area contributed by atoms with Crippen molar-refractivity contribution in [1.82, 2.24) is 0 Å². The van der Waals surface area contributed by atoms with E-state index in [9.17, 15) is 4.79 Å². The Bertz CT molecular complexity index is 170. The fourth-order valence-corrected chi connectivity index (χ4v) is 1.54. The van der Waals surface area contributed by atoms with Crippen LogP contribution >= 0.6 is 11.8 Å². The summed E-state index contributed by atoms with van der Waals surface area (Å²) in [5, 5.41) is 8.46. The number of carboxylic acid groups (broad SMARTS) is 1. The van der Waals surface area contributed by atoms with Crippen molar-refractivity contribution in [1.29, 1.82) is 0 Å². The molecule has 1 atom stereocenters. The number of rotatable bonds is 6. The number of hydrogen-bond acceptors (Lipinski definition) is 3. The van der Waals surface area contributed by atoms with Gasteiger partial charge in [-0.3, -0.25) is 0 Å². The highest BCUT2D eigenvalue weighted by atomic mass is 32.2. The number of carboxylic acids is 1. The van der Waals surface area contributed by atoms with Crippen molar-refractivity contribution in [3.63, 3.8) is 0 Å². The maximum atomic E-state index is 10.3. The summed E-state index contributed by atoms with van der Waals surface area (Å²) >= 11 is 1.52. The lowest BCUT2D eigenvalue weighted by Gasteiger charge is -2.07. The van der Waals surface area contributed by atoms with E-state index < -0.39 is 5.97 Å². The Hall–Kier alpha value is -0.480. The first-order chi connectivity index (χ1) is 5.57. The maximum Gasteiger partial charge on any atom is 0.331 e. The van der Waals surface area contributed by atoms with Gasteiger partial charge in [-0.2, -0.15) is 11.8 Å². The average molecular weight is 189 g/mol. The Labute approximate surface area is 77.0 Å². The van der Waals surface area contributed by atoms with Gasteiger partial charge in [0.25, 0.3) is 0 Å². The van der Waals surface area contributed by atoms with Gasteiger partial charge in [0.15, 0.2) is 0 Å². The topological polar surface area (TPSA) is 63.3 Å². The fourth-order valence-electron chi connectivity index (χ4n) is 0.513. The minimum absolute atomic E-state index is 0.164. The van der Waals surface area contributed by atoms with Crippen LogP contribution in [0.1, 0.15) is 13.3 Å². The first-order valence-corrected chi connectivity index (χ1v) is 4.97. The monoisotopic (exact) mass is 189 g/mol. The zero-order valence-electron chi connectivity index (χ0n) is 7.25. The number of hydrogen-bond donors (Lipinski definition) is 2. The van der Waals surface area contributed by atoms with E-state index >= 15 is 0 Å². The molecular weight excluding hydrogens is 174 g/mol. The smallest absolute Gasteiger partial charge is 0.331 e. The molecule has 0 spiro atoms. The standard InChI is InChI=1S/C8H15NO2S/c1-3-7(9)5-12-4-6(2)8(10)11/h7H,2-5,9H2,1H3,(H,10,11). The first-order valence-electron chi connectivity index (χ1n) is 3.82. The molecule has 4 heteroatoms. The van der Waals surface area contributed by atoms with Crippen LogP contribution in [0.15, 0.2) is 12.2 Å². The molecule has 0 aromatic rings. The van der Waals surface area contributed by atoms with Gasteiger partial charge in [-0.1, -0.05) is 13.5 Å². The molecule has 70 valence electrons. The molecule has 0 aliphatic carbocycles. The van der Waals surface area contributed by atoms with Gasteiger partial charge in [-0.05, 0) is 6.42 Å². The predicted octanol–water partition coefficient (Wildman–Crippen LogP) is 1.10. The Balaban J connectivity index is 3.44. The summed E-state index contributed by atoms with van der Waals surface area (Å²) in [5.41, 5.74) is 5.88. The van der Waals surface area contributed by atoms with Gasteiger partial charge in [0, 0.05) is 23.1 Å². The summed E-state index contributed by atoms with van der Waals surface area (Å²) in [6.07, 6.45) is 0.923. The quantitative estimate of drug-likeness (QED) is 0.614. The third-order valence-electron chi connectivity index (χ3n) is 1.44. The molecule has 0 aliphatic rings. The molecule has 0 aliphatic heterocycles. The molecular formula is C8H15NO2S. The van der Waals surface area contributed by atoms with Gasteiger partial charge in [-0.25, -0.2) is 4.79 Å². The summed E-state index contributed by atoms with van der Waals surface area (Å²) in [7, 11) is 0. The lowest BCUT2D eigenvalue weighted by Crippen LogP contribution is -2.21. The lowest BCUT2D eigenvalue weighted by atomic mass is 10.3. The summed E-state index contributed by atoms with van der Waals surface area (Å²) in [6, 6.07) is 0.164. The van der Waals surface area contributed by atoms with Gasteiger partial charge in [0.1, 0.15) is 0 Å². The van der Waals surface area contributed by atoms with E-state index in [0.29, 0.717) is 5.75 Å². The molecule has 0 saturated heterocycles. The van der Waals surface area contributed by atoms with Crippen LogP contribution < -0.4 is 5.73 Å². The third-order valence-corrected chi connectivity index (χ3v) is 2.65. The second kappa shape index (κ2) is 6.08. The fraction of sp³-hybridized carbons (Fsp3) is 0.625. The van der Waals surface area contributed by atoms with E-state index in [1.54, 1.807) is 0 Å². The average Bonchev–Trinajstić information content (AvgIpc) is 2.03. The SMILES string of the molecule is C=C(CSCC(N)CC)C(=O)O. The molecule has 0 rings (SSSR count). The van der Waals surface area contributed by atoms with Crippen molar-refractivity contribution in [3.8, 4) is 0 Å². The number of aliphatic carboxylic acids is 1. The minimum Gasteiger partial charge on any atom is -0.478 e. The molecule has 1 unspecified atom stereocenters. The minimum atomic E-state index is -0.924. The van der Waals surface area contributed by atoms with E-state index in [4.69, 9.17) is 10.8 Å². The van der Waals surface area contributed by atoms with E-state index in [-0.39, 0.29) is 11.6 Å². The Kier molecular flexibility index (Phi) is 5.84. The molecule has 0 heterocycles. The highest BCUT2D eigenvalue weighted by Gasteiger charge is 2.05. The van der Waals surface area contributed by atoms with Crippen LogP contribution in [0.25, 0.3) is 0 Å². The zero-order valence-corrected chi connectivity index (χ0v) is 8.06. The molecule has 3 nitrogen and oxygen atoms in total. The van der Waals surface area contributed by atoms with Crippen molar-refractivity contribution in [2.75, 3.05) is 11.5 Å². The van der Waals surface area contributed by atoms with Crippen molar-refractivity contribution < 1.29 is 9.90 Å². The zero-order chi connectivity index (χ0) is 9.56. The van der Waals surface area contributed by atoms with Gasteiger partial charge in [0.05, 0.1) is 0 Å². The van der Waals surface area contributed by atoms with E-state index in [0.717, 1.165) is 12.2 Å². The Morgan fingerprint density at radius 1 is 1.75 bits per heavy atom. The van der Waals surface area contributed by atoms with E-state index in [2.05, 4.69) is 6.58 Å². The van der Waals surface area contributed by atoms with Crippen LogP contribution in [0.4, 0.5) is 0 Å². The van der Waals surface area contributed by atoms with E-state index in [1.807, 2.05) is 6.92 Å². The lowest BCUT2D eigenvalue weighted by molar-refractivity contribution is -0.132. The second-order valence-corrected chi connectivity index (χ2v) is 3.62. The molecule has 0 bridgehead atoms. The van der Waals surface area contributed by atoms with Gasteiger partial charge in [0.2, 0.25) is 0 Å². The molecule has 0 aromatic carbocycles. The number of thioether (sulfide) groups is 1. The van der Waals surface area contributed by atoms with Crippen molar-refractivity contribution in [2.24, 2.45) is 5.73 Å². The Morgan fingerprint density at radius 3 is 2.75 bits per heavy atom. The molecule has 0 fully saturated rings. The molecule has 12 heavy (non-hydrogen) atoms. The van der Waals surface area contributed by atoms with Crippen LogP contribution in [0.5, 0.6) is 0 Å². The van der Waals surface area contributed by atoms with Crippen molar-refractivity contribution in [3.05, 3.63) is 12.2 Å². The van der Waals surface area contributed by atoms with Crippen LogP contribution in [0.2, 0.25) is 0 Å². The summed E-state index contributed by atoms with van der Waals surface area (Å²) in [4.78, 5) is 10.3. The van der Waals surface area contributed by atoms with Gasteiger partial charge < -0.3 is 10.8 Å². The molecule has 0 saturated carbocycles. The molecule has 3 N–H and O–H groups in total. The third kappa shape index (κ3) is 5.21. The second-order valence-electron chi connectivity index (χ2n) is 2.59. The Morgan fingerprint density at radius 2 is 2.33 bits per heavy atom. The highest BCUT2D eigenvalue weighted by molar-refractivity contribution is 7.99. The summed E-state index contributed by atoms with van der Waals surface area (Å²) in [6.45, 7) is 5.43. The summed E-state index contributed by atoms with van der Waals surface area (Å²) in [5.74, 6) is 0.332. The molecule has 0 aromatic heterocycles. The molecule has 0 amide bonds. The number of carbonyl (C=O) groups is 1. The largest absolute Gasteiger partial charge is 0.478 e. The molecule has 0 radical (unpaired) electrons. The predicted molar refractivity (Wildman–Crippen MR) is 52.4 cm³/mol. The van der Waals surface area contributed by atoms with Gasteiger partial charge >= 0.3 is 5.97 Å². The van der Waals surface area contributed by atoms with Crippen LogP contribution in [0.3, 0.4) is 0 Å². The van der Waals surface area contributed by atoms with Crippen LogP contribution in [-0.4, -0.2) is 28.6 Å². The van der Waals surface area contributed by atoms with Crippen LogP contribution in [-0.2, 0) is 4.79 Å². The maximum absolute atomic E-state index is 10.3.